The highest BCUT2D eigenvalue weighted by atomic mass is 32.2. The minimum Gasteiger partial charge on any atom is -0.461 e. The van der Waals surface area contributed by atoms with E-state index in [4.69, 9.17) is 4.74 Å². The van der Waals surface area contributed by atoms with Gasteiger partial charge in [-0.05, 0) is 36.5 Å². The Labute approximate surface area is 309 Å². The van der Waals surface area contributed by atoms with Crippen molar-refractivity contribution in [1.29, 1.82) is 0 Å². The highest BCUT2D eigenvalue weighted by molar-refractivity contribution is 8.00. The van der Waals surface area contributed by atoms with Crippen molar-refractivity contribution in [3.8, 4) is 0 Å². The summed E-state index contributed by atoms with van der Waals surface area (Å²) in [5.41, 5.74) is 0. The second kappa shape index (κ2) is 42.7. The zero-order valence-electron chi connectivity index (χ0n) is 32.3. The number of ether oxygens (including phenoxy) is 1. The Morgan fingerprint density at radius 3 is 0.979 bits per heavy atom. The number of hydrogen-bond acceptors (Lipinski definition) is 5. The molecule has 0 aromatic carbocycles. The van der Waals surface area contributed by atoms with Crippen LogP contribution in [0.5, 0.6) is 0 Å². The first-order valence-corrected chi connectivity index (χ1v) is 24.6. The van der Waals surface area contributed by atoms with E-state index in [-0.39, 0.29) is 12.1 Å². The summed E-state index contributed by atoms with van der Waals surface area (Å²) in [6.45, 7) is 6.88. The van der Waals surface area contributed by atoms with Crippen LogP contribution in [0.3, 0.4) is 0 Å². The van der Waals surface area contributed by atoms with Crippen LogP contribution >= 0.6 is 35.3 Å². The Bertz CT molecular complexity index is 560. The van der Waals surface area contributed by atoms with Crippen molar-refractivity contribution >= 4 is 41.3 Å². The molecule has 282 valence electrons. The number of carbonyl (C=O) groups excluding carboxylic acids is 1. The molecular formula is C42H84O2S3. The lowest BCUT2D eigenvalue weighted by molar-refractivity contribution is -0.146. The molecule has 0 N–H and O–H groups in total. The fourth-order valence-corrected chi connectivity index (χ4v) is 9.24. The van der Waals surface area contributed by atoms with Crippen molar-refractivity contribution in [2.24, 2.45) is 0 Å². The number of thioether (sulfide) groups is 3. The number of hydrogen-bond donors (Lipinski definition) is 0. The molecule has 0 saturated carbocycles. The second-order valence-corrected chi connectivity index (χ2v) is 17.7. The molecule has 0 atom stereocenters. The van der Waals surface area contributed by atoms with Gasteiger partial charge in [-0.1, -0.05) is 194 Å². The summed E-state index contributed by atoms with van der Waals surface area (Å²) in [7, 11) is 0. The van der Waals surface area contributed by atoms with Crippen LogP contribution in [0.4, 0.5) is 0 Å². The first-order valence-electron chi connectivity index (χ1n) is 21.2. The molecule has 0 aliphatic heterocycles. The van der Waals surface area contributed by atoms with E-state index in [1.807, 2.05) is 35.3 Å². The molecule has 0 aliphatic rings. The molecular weight excluding hydrogens is 633 g/mol. The molecule has 0 aromatic heterocycles. The molecule has 0 amide bonds. The van der Waals surface area contributed by atoms with Gasteiger partial charge >= 0.3 is 5.97 Å². The van der Waals surface area contributed by atoms with Crippen LogP contribution in [0.1, 0.15) is 220 Å². The average Bonchev–Trinajstić information content (AvgIpc) is 3.07. The normalized spacial score (nSPS) is 11.6. The van der Waals surface area contributed by atoms with Crippen LogP contribution in [-0.4, -0.2) is 46.6 Å². The Balaban J connectivity index is 4.05. The summed E-state index contributed by atoms with van der Waals surface area (Å²) in [4.78, 5) is 12.7. The van der Waals surface area contributed by atoms with Crippen LogP contribution in [0.25, 0.3) is 0 Å². The SMILES string of the molecule is CCCCCCCCCCCCSCCC(=O)OC(CSCCCCCCCCCCCC)CSCCCCCCCCCCCC. The predicted octanol–water partition coefficient (Wildman–Crippen LogP) is 15.3. The molecule has 0 aliphatic carbocycles. The third kappa shape index (κ3) is 40.8. The molecule has 0 heterocycles. The van der Waals surface area contributed by atoms with Gasteiger partial charge in [-0.15, -0.1) is 0 Å². The van der Waals surface area contributed by atoms with Gasteiger partial charge in [0.1, 0.15) is 6.10 Å². The van der Waals surface area contributed by atoms with E-state index in [1.165, 1.54) is 210 Å². The maximum atomic E-state index is 12.7. The van der Waals surface area contributed by atoms with E-state index in [9.17, 15) is 4.79 Å². The zero-order chi connectivity index (χ0) is 34.1. The maximum Gasteiger partial charge on any atom is 0.306 e. The highest BCUT2D eigenvalue weighted by Crippen LogP contribution is 2.19. The minimum atomic E-state index is 0.0321. The lowest BCUT2D eigenvalue weighted by Crippen LogP contribution is -2.24. The summed E-state index contributed by atoms with van der Waals surface area (Å²) in [5, 5.41) is 0. The number of esters is 1. The number of carbonyl (C=O) groups is 1. The van der Waals surface area contributed by atoms with Crippen LogP contribution in [0.15, 0.2) is 0 Å². The van der Waals surface area contributed by atoms with Gasteiger partial charge in [0.25, 0.3) is 0 Å². The fraction of sp³-hybridized carbons (Fsp3) is 0.976. The second-order valence-electron chi connectivity index (χ2n) is 14.2. The standard InChI is InChI=1S/C42H84O2S3/c1-4-7-10-13-16-19-22-25-28-31-35-45-38-34-42(43)44-41(39-46-36-32-29-26-23-20-17-14-11-8-5-2)40-47-37-33-30-27-24-21-18-15-12-9-6-3/h41H,4-40H2,1-3H3. The maximum absolute atomic E-state index is 12.7. The average molecular weight is 717 g/mol. The van der Waals surface area contributed by atoms with Gasteiger partial charge < -0.3 is 4.74 Å². The zero-order valence-corrected chi connectivity index (χ0v) is 34.7. The lowest BCUT2D eigenvalue weighted by Gasteiger charge is -2.18. The van der Waals surface area contributed by atoms with Crippen molar-refractivity contribution in [2.45, 2.75) is 226 Å². The van der Waals surface area contributed by atoms with Crippen molar-refractivity contribution < 1.29 is 9.53 Å². The molecule has 2 nitrogen and oxygen atoms in total. The van der Waals surface area contributed by atoms with E-state index in [1.54, 1.807) is 0 Å². The monoisotopic (exact) mass is 717 g/mol. The van der Waals surface area contributed by atoms with Gasteiger partial charge in [-0.25, -0.2) is 0 Å². The van der Waals surface area contributed by atoms with E-state index in [0.29, 0.717) is 6.42 Å². The van der Waals surface area contributed by atoms with Crippen LogP contribution in [0.2, 0.25) is 0 Å². The first-order chi connectivity index (χ1) is 23.2. The first kappa shape index (κ1) is 47.5. The van der Waals surface area contributed by atoms with Gasteiger partial charge in [-0.3, -0.25) is 4.79 Å². The number of unbranched alkanes of at least 4 members (excludes halogenated alkanes) is 27. The van der Waals surface area contributed by atoms with Crippen LogP contribution in [0, 0.1) is 0 Å². The third-order valence-electron chi connectivity index (χ3n) is 9.28. The summed E-state index contributed by atoms with van der Waals surface area (Å²) < 4.78 is 6.06. The molecule has 0 unspecified atom stereocenters. The van der Waals surface area contributed by atoms with E-state index in [0.717, 1.165) is 17.3 Å². The predicted molar refractivity (Wildman–Crippen MR) is 222 cm³/mol. The molecule has 0 saturated heterocycles. The smallest absolute Gasteiger partial charge is 0.306 e. The van der Waals surface area contributed by atoms with Gasteiger partial charge in [0.05, 0.1) is 6.42 Å². The molecule has 0 aromatic rings. The van der Waals surface area contributed by atoms with Gasteiger partial charge in [0.2, 0.25) is 0 Å². The number of rotatable bonds is 41. The Kier molecular flexibility index (Phi) is 43.2. The molecule has 47 heavy (non-hydrogen) atoms. The largest absolute Gasteiger partial charge is 0.461 e. The molecule has 5 heteroatoms. The molecule has 0 bridgehead atoms. The quantitative estimate of drug-likeness (QED) is 0.0464. The highest BCUT2D eigenvalue weighted by Gasteiger charge is 2.15. The van der Waals surface area contributed by atoms with Crippen molar-refractivity contribution in [3.63, 3.8) is 0 Å². The topological polar surface area (TPSA) is 26.3 Å². The lowest BCUT2D eigenvalue weighted by atomic mass is 10.1. The third-order valence-corrected chi connectivity index (χ3v) is 12.7. The Morgan fingerprint density at radius 1 is 0.383 bits per heavy atom. The molecule has 0 fully saturated rings. The van der Waals surface area contributed by atoms with Crippen molar-refractivity contribution in [2.75, 3.05) is 34.5 Å². The van der Waals surface area contributed by atoms with Crippen molar-refractivity contribution in [3.05, 3.63) is 0 Å². The minimum absolute atomic E-state index is 0.0321. The Hall–Kier alpha value is 0.520. The van der Waals surface area contributed by atoms with E-state index < -0.39 is 0 Å². The summed E-state index contributed by atoms with van der Waals surface area (Å²) in [6, 6.07) is 0. The van der Waals surface area contributed by atoms with Gasteiger partial charge in [-0.2, -0.15) is 35.3 Å². The van der Waals surface area contributed by atoms with Crippen molar-refractivity contribution in [1.82, 2.24) is 0 Å². The van der Waals surface area contributed by atoms with Crippen LogP contribution in [-0.2, 0) is 9.53 Å². The van der Waals surface area contributed by atoms with E-state index in [2.05, 4.69) is 20.8 Å². The molecule has 0 rings (SSSR count). The Morgan fingerprint density at radius 2 is 0.660 bits per heavy atom. The summed E-state index contributed by atoms with van der Waals surface area (Å²) in [6.07, 6.45) is 42.3. The molecule has 0 spiro atoms. The summed E-state index contributed by atoms with van der Waals surface area (Å²) >= 11 is 5.98. The fourth-order valence-electron chi connectivity index (χ4n) is 6.12. The van der Waals surface area contributed by atoms with Gasteiger partial charge in [0.15, 0.2) is 0 Å². The summed E-state index contributed by atoms with van der Waals surface area (Å²) in [5.74, 6) is 6.51. The van der Waals surface area contributed by atoms with Crippen LogP contribution < -0.4 is 0 Å². The van der Waals surface area contributed by atoms with Gasteiger partial charge in [0, 0.05) is 17.3 Å². The van der Waals surface area contributed by atoms with E-state index >= 15 is 0 Å². The molecule has 0 radical (unpaired) electrons.